The summed E-state index contributed by atoms with van der Waals surface area (Å²) in [6, 6.07) is 11.0. The number of benzene rings is 1. The summed E-state index contributed by atoms with van der Waals surface area (Å²) in [6.45, 7) is 3.81. The Balaban J connectivity index is 1.70. The zero-order valence-electron chi connectivity index (χ0n) is 14.1. The highest BCUT2D eigenvalue weighted by Crippen LogP contribution is 2.13. The summed E-state index contributed by atoms with van der Waals surface area (Å²) < 4.78 is 26.4. The van der Waals surface area contributed by atoms with Gasteiger partial charge in [-0.15, -0.1) is 0 Å². The molecule has 0 radical (unpaired) electrons. The number of hydrogen-bond acceptors (Lipinski definition) is 4. The molecule has 0 spiro atoms. The number of nitrogens with one attached hydrogen (secondary N) is 1. The maximum atomic E-state index is 12.3. The number of aryl methyl sites for hydroxylation is 2. The van der Waals surface area contributed by atoms with Gasteiger partial charge in [0.2, 0.25) is 5.91 Å². The maximum Gasteiger partial charge on any atom is 0.239 e. The lowest BCUT2D eigenvalue weighted by Gasteiger charge is -2.06. The minimum absolute atomic E-state index is 0.268. The zero-order valence-corrected chi connectivity index (χ0v) is 14.9. The summed E-state index contributed by atoms with van der Waals surface area (Å²) in [7, 11) is -3.61. The second-order valence-electron chi connectivity index (χ2n) is 6.10. The second-order valence-corrected chi connectivity index (χ2v) is 8.17. The van der Waals surface area contributed by atoms with Gasteiger partial charge in [-0.3, -0.25) is 4.79 Å². The number of carbonyl (C=O) groups is 1. The largest absolute Gasteiger partial charge is 0.325 e. The number of aromatic nitrogens is 2. The predicted octanol–water partition coefficient (Wildman–Crippen LogP) is 2.50. The van der Waals surface area contributed by atoms with Crippen LogP contribution in [0.25, 0.3) is 5.65 Å². The summed E-state index contributed by atoms with van der Waals surface area (Å²) in [5.74, 6) is -1.39. The Bertz CT molecular complexity index is 1040. The van der Waals surface area contributed by atoms with Crippen LogP contribution in [0.4, 0.5) is 5.69 Å². The van der Waals surface area contributed by atoms with Crippen LogP contribution >= 0.6 is 0 Å². The molecule has 0 atom stereocenters. The number of pyridine rings is 1. The number of hydrogen-bond donors (Lipinski definition) is 1. The van der Waals surface area contributed by atoms with Gasteiger partial charge in [-0.05, 0) is 43.2 Å². The Morgan fingerprint density at radius 3 is 2.72 bits per heavy atom. The van der Waals surface area contributed by atoms with Gasteiger partial charge in [0.15, 0.2) is 9.84 Å². The molecular formula is C18H19N3O3S. The molecule has 0 fully saturated rings. The molecule has 25 heavy (non-hydrogen) atoms. The van der Waals surface area contributed by atoms with Crippen LogP contribution in [0, 0.1) is 13.8 Å². The number of amides is 1. The van der Waals surface area contributed by atoms with Crippen LogP contribution in [-0.2, 0) is 20.4 Å². The van der Waals surface area contributed by atoms with Crippen molar-refractivity contribution in [2.45, 2.75) is 19.6 Å². The summed E-state index contributed by atoms with van der Waals surface area (Å²) in [6.07, 6.45) is 3.49. The third-order valence-electron chi connectivity index (χ3n) is 3.75. The van der Waals surface area contributed by atoms with Crippen LogP contribution in [0.1, 0.15) is 16.8 Å². The van der Waals surface area contributed by atoms with Crippen molar-refractivity contribution in [1.29, 1.82) is 0 Å². The Morgan fingerprint density at radius 2 is 2.00 bits per heavy atom. The van der Waals surface area contributed by atoms with Crippen LogP contribution in [0.15, 0.2) is 48.8 Å². The molecule has 0 saturated carbocycles. The van der Waals surface area contributed by atoms with Crippen molar-refractivity contribution >= 4 is 27.1 Å². The molecule has 1 N–H and O–H groups in total. The molecule has 3 rings (SSSR count). The van der Waals surface area contributed by atoms with E-state index < -0.39 is 21.5 Å². The van der Waals surface area contributed by atoms with Gasteiger partial charge in [0.1, 0.15) is 11.4 Å². The van der Waals surface area contributed by atoms with Gasteiger partial charge < -0.3 is 9.72 Å². The predicted molar refractivity (Wildman–Crippen MR) is 97.2 cm³/mol. The van der Waals surface area contributed by atoms with E-state index in [1.165, 1.54) is 0 Å². The van der Waals surface area contributed by atoms with Gasteiger partial charge in [0.05, 0.1) is 11.4 Å². The zero-order chi connectivity index (χ0) is 18.0. The van der Waals surface area contributed by atoms with Crippen molar-refractivity contribution in [2.24, 2.45) is 0 Å². The number of sulfone groups is 1. The highest BCUT2D eigenvalue weighted by molar-refractivity contribution is 7.91. The Hall–Kier alpha value is -2.67. The van der Waals surface area contributed by atoms with Crippen molar-refractivity contribution < 1.29 is 13.2 Å². The Morgan fingerprint density at radius 1 is 1.20 bits per heavy atom. The number of carbonyl (C=O) groups excluding carboxylic acids is 1. The normalized spacial score (nSPS) is 11.6. The average molecular weight is 357 g/mol. The van der Waals surface area contributed by atoms with Gasteiger partial charge >= 0.3 is 0 Å². The van der Waals surface area contributed by atoms with Gasteiger partial charge in [-0.2, -0.15) is 0 Å². The topological polar surface area (TPSA) is 80.5 Å². The van der Waals surface area contributed by atoms with Crippen molar-refractivity contribution in [1.82, 2.24) is 9.38 Å². The number of fused-ring (bicyclic) bond motifs is 1. The molecule has 1 amide bonds. The van der Waals surface area contributed by atoms with Gasteiger partial charge in [-0.1, -0.05) is 18.2 Å². The Labute approximate surface area is 146 Å². The van der Waals surface area contributed by atoms with E-state index >= 15 is 0 Å². The monoisotopic (exact) mass is 357 g/mol. The maximum absolute atomic E-state index is 12.3. The summed E-state index contributed by atoms with van der Waals surface area (Å²) in [5.41, 5.74) is 3.68. The van der Waals surface area contributed by atoms with E-state index in [0.717, 1.165) is 16.8 Å². The molecule has 6 nitrogen and oxygen atoms in total. The summed E-state index contributed by atoms with van der Waals surface area (Å²) in [5, 5.41) is 2.62. The first-order chi connectivity index (χ1) is 11.8. The summed E-state index contributed by atoms with van der Waals surface area (Å²) in [4.78, 5) is 16.4. The smallest absolute Gasteiger partial charge is 0.239 e. The molecule has 2 heterocycles. The lowest BCUT2D eigenvalue weighted by atomic mass is 10.2. The highest BCUT2D eigenvalue weighted by atomic mass is 32.2. The molecule has 2 aromatic heterocycles. The van der Waals surface area contributed by atoms with Gasteiger partial charge in [-0.25, -0.2) is 13.4 Å². The highest BCUT2D eigenvalue weighted by Gasteiger charge is 2.19. The fourth-order valence-electron chi connectivity index (χ4n) is 2.67. The molecule has 0 aliphatic carbocycles. The minimum atomic E-state index is -3.61. The SMILES string of the molecule is Cc1cccc(NC(=O)CS(=O)(=O)Cc2cn3cccc(C)c3n2)c1. The van der Waals surface area contributed by atoms with Crippen LogP contribution in [0.3, 0.4) is 0 Å². The van der Waals surface area contributed by atoms with Gasteiger partial charge in [0, 0.05) is 18.1 Å². The molecule has 7 heteroatoms. The van der Waals surface area contributed by atoms with E-state index in [2.05, 4.69) is 10.3 Å². The molecule has 0 bridgehead atoms. The van der Waals surface area contributed by atoms with Crippen molar-refractivity contribution in [2.75, 3.05) is 11.1 Å². The number of rotatable bonds is 5. The van der Waals surface area contributed by atoms with Crippen LogP contribution in [-0.4, -0.2) is 29.5 Å². The molecule has 3 aromatic rings. The third-order valence-corrected chi connectivity index (χ3v) is 5.19. The number of imidazole rings is 1. The summed E-state index contributed by atoms with van der Waals surface area (Å²) >= 11 is 0. The minimum Gasteiger partial charge on any atom is -0.325 e. The quantitative estimate of drug-likeness (QED) is 0.761. The third kappa shape index (κ3) is 4.24. The molecule has 0 unspecified atom stereocenters. The first-order valence-corrected chi connectivity index (χ1v) is 9.65. The van der Waals surface area contributed by atoms with E-state index in [1.54, 1.807) is 28.8 Å². The fourth-order valence-corrected chi connectivity index (χ4v) is 3.83. The van der Waals surface area contributed by atoms with E-state index in [4.69, 9.17) is 0 Å². The van der Waals surface area contributed by atoms with Crippen LogP contribution < -0.4 is 5.32 Å². The lowest BCUT2D eigenvalue weighted by molar-refractivity contribution is -0.113. The number of anilines is 1. The standard InChI is InChI=1S/C18H19N3O3S/c1-13-5-3-7-15(9-13)19-17(22)12-25(23,24)11-16-10-21-8-4-6-14(2)18(21)20-16/h3-10H,11-12H2,1-2H3,(H,19,22). The van der Waals surface area contributed by atoms with Crippen LogP contribution in [0.2, 0.25) is 0 Å². The molecule has 0 aliphatic heterocycles. The molecular weight excluding hydrogens is 338 g/mol. The van der Waals surface area contributed by atoms with E-state index in [1.807, 2.05) is 38.2 Å². The van der Waals surface area contributed by atoms with E-state index in [-0.39, 0.29) is 5.75 Å². The Kier molecular flexibility index (Phi) is 4.59. The lowest BCUT2D eigenvalue weighted by Crippen LogP contribution is -2.24. The molecule has 1 aromatic carbocycles. The average Bonchev–Trinajstić information content (AvgIpc) is 2.89. The first kappa shape index (κ1) is 17.2. The molecule has 0 saturated heterocycles. The number of nitrogens with zero attached hydrogens (tertiary/aromatic N) is 2. The first-order valence-electron chi connectivity index (χ1n) is 7.82. The fraction of sp³-hybridized carbons (Fsp3) is 0.222. The van der Waals surface area contributed by atoms with E-state index in [0.29, 0.717) is 11.4 Å². The van der Waals surface area contributed by atoms with E-state index in [9.17, 15) is 13.2 Å². The molecule has 130 valence electrons. The second kappa shape index (κ2) is 6.68. The molecule has 0 aliphatic rings. The van der Waals surface area contributed by atoms with Crippen molar-refractivity contribution in [3.05, 3.63) is 65.6 Å². The van der Waals surface area contributed by atoms with Crippen molar-refractivity contribution in [3.63, 3.8) is 0 Å². The van der Waals surface area contributed by atoms with Gasteiger partial charge in [0.25, 0.3) is 0 Å². The van der Waals surface area contributed by atoms with Crippen molar-refractivity contribution in [3.8, 4) is 0 Å². The van der Waals surface area contributed by atoms with Crippen LogP contribution in [0.5, 0.6) is 0 Å².